The minimum Gasteiger partial charge on any atom is -0.484 e. The van der Waals surface area contributed by atoms with Gasteiger partial charge in [-0.2, -0.15) is 5.10 Å². The lowest BCUT2D eigenvalue weighted by molar-refractivity contribution is -0.131. The third-order valence-corrected chi connectivity index (χ3v) is 4.48. The second-order valence-corrected chi connectivity index (χ2v) is 6.39. The standard InChI is InChI=1S/C21H21FN4O3/c1-3-25(2)19(27)13-29-17-6-4-5-14(11-17)20(28)18-12-24-26(21(18)23)16-9-7-15(22)8-10-16/h4-12H,3,13,23H2,1-2H3. The fourth-order valence-corrected chi connectivity index (χ4v) is 2.64. The third kappa shape index (κ3) is 4.43. The molecule has 1 aromatic heterocycles. The number of ketones is 1. The van der Waals surface area contributed by atoms with Gasteiger partial charge in [0.15, 0.2) is 12.4 Å². The zero-order valence-electron chi connectivity index (χ0n) is 16.1. The number of ether oxygens (including phenoxy) is 1. The first-order chi connectivity index (χ1) is 13.9. The number of likely N-dealkylation sites (N-methyl/N-ethyl adjacent to an activating group) is 1. The molecular weight excluding hydrogens is 375 g/mol. The van der Waals surface area contributed by atoms with Crippen LogP contribution in [0.3, 0.4) is 0 Å². The van der Waals surface area contributed by atoms with Gasteiger partial charge in [-0.1, -0.05) is 12.1 Å². The van der Waals surface area contributed by atoms with Gasteiger partial charge in [0, 0.05) is 19.2 Å². The molecule has 7 nitrogen and oxygen atoms in total. The van der Waals surface area contributed by atoms with E-state index in [1.54, 1.807) is 36.2 Å². The highest BCUT2D eigenvalue weighted by atomic mass is 19.1. The number of halogens is 1. The van der Waals surface area contributed by atoms with E-state index in [-0.39, 0.29) is 35.5 Å². The molecule has 1 heterocycles. The quantitative estimate of drug-likeness (QED) is 0.620. The van der Waals surface area contributed by atoms with E-state index < -0.39 is 0 Å². The molecule has 0 fully saturated rings. The second kappa shape index (κ2) is 8.55. The Morgan fingerprint density at radius 1 is 1.21 bits per heavy atom. The molecule has 0 saturated heterocycles. The van der Waals surface area contributed by atoms with Crippen LogP contribution in [0.25, 0.3) is 5.69 Å². The van der Waals surface area contributed by atoms with Crippen molar-refractivity contribution in [2.24, 2.45) is 0 Å². The van der Waals surface area contributed by atoms with Crippen LogP contribution in [0.15, 0.2) is 54.7 Å². The fraction of sp³-hybridized carbons (Fsp3) is 0.190. The number of nitrogens with zero attached hydrogens (tertiary/aromatic N) is 3. The van der Waals surface area contributed by atoms with Crippen molar-refractivity contribution in [1.29, 1.82) is 0 Å². The number of carbonyl (C=O) groups is 2. The number of carbonyl (C=O) groups excluding carboxylic acids is 2. The maximum absolute atomic E-state index is 13.1. The topological polar surface area (TPSA) is 90.5 Å². The van der Waals surface area contributed by atoms with Crippen molar-refractivity contribution in [3.8, 4) is 11.4 Å². The van der Waals surface area contributed by atoms with E-state index in [9.17, 15) is 14.0 Å². The summed E-state index contributed by atoms with van der Waals surface area (Å²) in [5, 5.41) is 4.14. The molecule has 0 unspecified atom stereocenters. The van der Waals surface area contributed by atoms with Crippen molar-refractivity contribution < 1.29 is 18.7 Å². The SMILES string of the molecule is CCN(C)C(=O)COc1cccc(C(=O)c2cnn(-c3ccc(F)cc3)c2N)c1. The summed E-state index contributed by atoms with van der Waals surface area (Å²) < 4.78 is 20.0. The third-order valence-electron chi connectivity index (χ3n) is 4.48. The van der Waals surface area contributed by atoms with E-state index in [0.717, 1.165) is 0 Å². The molecule has 0 aliphatic rings. The summed E-state index contributed by atoms with van der Waals surface area (Å²) in [4.78, 5) is 26.3. The Kier molecular flexibility index (Phi) is 5.92. The highest BCUT2D eigenvalue weighted by Gasteiger charge is 2.18. The van der Waals surface area contributed by atoms with Gasteiger partial charge in [-0.15, -0.1) is 0 Å². The van der Waals surface area contributed by atoms with Gasteiger partial charge in [-0.3, -0.25) is 9.59 Å². The lowest BCUT2D eigenvalue weighted by atomic mass is 10.1. The summed E-state index contributed by atoms with van der Waals surface area (Å²) in [7, 11) is 1.69. The van der Waals surface area contributed by atoms with Crippen LogP contribution in [0, 0.1) is 5.82 Å². The predicted molar refractivity (Wildman–Crippen MR) is 107 cm³/mol. The van der Waals surface area contributed by atoms with Crippen LogP contribution in [0.2, 0.25) is 0 Å². The number of hydrogen-bond donors (Lipinski definition) is 1. The van der Waals surface area contributed by atoms with Crippen LogP contribution in [0.5, 0.6) is 5.75 Å². The van der Waals surface area contributed by atoms with Crippen LogP contribution in [0.1, 0.15) is 22.8 Å². The number of rotatable bonds is 7. The van der Waals surface area contributed by atoms with E-state index in [0.29, 0.717) is 23.5 Å². The molecular formula is C21H21FN4O3. The molecule has 8 heteroatoms. The van der Waals surface area contributed by atoms with Crippen molar-refractivity contribution in [3.05, 3.63) is 71.7 Å². The minimum absolute atomic E-state index is 0.118. The van der Waals surface area contributed by atoms with E-state index >= 15 is 0 Å². The predicted octanol–water partition coefficient (Wildman–Crippen LogP) is 2.68. The first kappa shape index (κ1) is 20.1. The Balaban J connectivity index is 1.79. The van der Waals surface area contributed by atoms with Crippen molar-refractivity contribution in [1.82, 2.24) is 14.7 Å². The van der Waals surface area contributed by atoms with Crippen LogP contribution >= 0.6 is 0 Å². The summed E-state index contributed by atoms with van der Waals surface area (Å²) >= 11 is 0. The molecule has 2 aromatic carbocycles. The number of amides is 1. The summed E-state index contributed by atoms with van der Waals surface area (Å²) in [6, 6.07) is 12.1. The number of hydrogen-bond acceptors (Lipinski definition) is 5. The second-order valence-electron chi connectivity index (χ2n) is 6.39. The van der Waals surface area contributed by atoms with Gasteiger partial charge in [-0.05, 0) is 43.3 Å². The van der Waals surface area contributed by atoms with Gasteiger partial charge < -0.3 is 15.4 Å². The highest BCUT2D eigenvalue weighted by molar-refractivity contribution is 6.11. The van der Waals surface area contributed by atoms with Crippen LogP contribution < -0.4 is 10.5 Å². The van der Waals surface area contributed by atoms with Gasteiger partial charge in [0.05, 0.1) is 17.4 Å². The van der Waals surface area contributed by atoms with Crippen molar-refractivity contribution in [2.75, 3.05) is 25.9 Å². The molecule has 29 heavy (non-hydrogen) atoms. The molecule has 2 N–H and O–H groups in total. The molecule has 0 radical (unpaired) electrons. The molecule has 1 amide bonds. The lowest BCUT2D eigenvalue weighted by Crippen LogP contribution is -2.31. The lowest BCUT2D eigenvalue weighted by Gasteiger charge is -2.15. The highest BCUT2D eigenvalue weighted by Crippen LogP contribution is 2.22. The molecule has 3 aromatic rings. The van der Waals surface area contributed by atoms with E-state index in [1.807, 2.05) is 6.92 Å². The number of benzene rings is 2. The number of nitrogens with two attached hydrogens (primary N) is 1. The molecule has 0 saturated carbocycles. The maximum atomic E-state index is 13.1. The Labute approximate surface area is 167 Å². The molecule has 3 rings (SSSR count). The summed E-state index contributed by atoms with van der Waals surface area (Å²) in [5.74, 6) is -0.325. The average Bonchev–Trinajstić information content (AvgIpc) is 3.12. The molecule has 0 aliphatic carbocycles. The normalized spacial score (nSPS) is 10.6. The van der Waals surface area contributed by atoms with Crippen LogP contribution in [-0.2, 0) is 4.79 Å². The Hall–Kier alpha value is -3.68. The van der Waals surface area contributed by atoms with Crippen molar-refractivity contribution in [2.45, 2.75) is 6.92 Å². The maximum Gasteiger partial charge on any atom is 0.260 e. The monoisotopic (exact) mass is 396 g/mol. The van der Waals surface area contributed by atoms with Crippen molar-refractivity contribution in [3.63, 3.8) is 0 Å². The molecule has 0 spiro atoms. The van der Waals surface area contributed by atoms with Crippen LogP contribution in [-0.4, -0.2) is 46.6 Å². The van der Waals surface area contributed by atoms with Crippen molar-refractivity contribution >= 4 is 17.5 Å². The molecule has 150 valence electrons. The largest absolute Gasteiger partial charge is 0.484 e. The Morgan fingerprint density at radius 3 is 2.62 bits per heavy atom. The summed E-state index contributed by atoms with van der Waals surface area (Å²) in [6.45, 7) is 2.33. The zero-order chi connectivity index (χ0) is 21.0. The van der Waals surface area contributed by atoms with E-state index in [1.165, 1.54) is 35.1 Å². The van der Waals surface area contributed by atoms with Gasteiger partial charge in [0.25, 0.3) is 5.91 Å². The van der Waals surface area contributed by atoms with Gasteiger partial charge in [-0.25, -0.2) is 9.07 Å². The first-order valence-electron chi connectivity index (χ1n) is 9.01. The molecule has 0 bridgehead atoms. The minimum atomic E-state index is -0.379. The molecule has 0 aliphatic heterocycles. The summed E-state index contributed by atoms with van der Waals surface area (Å²) in [5.41, 5.74) is 7.21. The average molecular weight is 396 g/mol. The van der Waals surface area contributed by atoms with Gasteiger partial charge in [0.2, 0.25) is 0 Å². The first-order valence-corrected chi connectivity index (χ1v) is 9.01. The fourth-order valence-electron chi connectivity index (χ4n) is 2.64. The van der Waals surface area contributed by atoms with Gasteiger partial charge in [0.1, 0.15) is 17.4 Å². The summed E-state index contributed by atoms with van der Waals surface area (Å²) in [6.07, 6.45) is 1.37. The number of nitrogen functional groups attached to an aromatic ring is 1. The zero-order valence-corrected chi connectivity index (χ0v) is 16.1. The van der Waals surface area contributed by atoms with E-state index in [4.69, 9.17) is 10.5 Å². The van der Waals surface area contributed by atoms with Gasteiger partial charge >= 0.3 is 0 Å². The Morgan fingerprint density at radius 2 is 1.93 bits per heavy atom. The van der Waals surface area contributed by atoms with Crippen LogP contribution in [0.4, 0.5) is 10.2 Å². The Bertz CT molecular complexity index is 1030. The smallest absolute Gasteiger partial charge is 0.260 e. The van der Waals surface area contributed by atoms with E-state index in [2.05, 4.69) is 5.10 Å². The number of aromatic nitrogens is 2. The number of anilines is 1. The molecule has 0 atom stereocenters.